The van der Waals surface area contributed by atoms with Gasteiger partial charge in [0.05, 0.1) is 28.3 Å². The molecule has 3 N–H and O–H groups in total. The van der Waals surface area contributed by atoms with Crippen LogP contribution in [0.15, 0.2) is 11.2 Å². The number of rotatable bonds is 2. The lowest BCUT2D eigenvalue weighted by atomic mass is 10.1. The summed E-state index contributed by atoms with van der Waals surface area (Å²) in [6.45, 7) is 2.34. The van der Waals surface area contributed by atoms with Crippen LogP contribution >= 0.6 is 35.0 Å². The third kappa shape index (κ3) is 2.52. The number of nitrogens with one attached hydrogen (secondary N) is 1. The molecule has 0 amide bonds. The molecule has 0 bridgehead atoms. The first-order chi connectivity index (χ1) is 11.0. The number of thioether (sulfide) groups is 1. The maximum absolute atomic E-state index is 6.34. The van der Waals surface area contributed by atoms with Crippen LogP contribution in [0.1, 0.15) is 29.3 Å². The van der Waals surface area contributed by atoms with E-state index in [-0.39, 0.29) is 12.0 Å². The van der Waals surface area contributed by atoms with Gasteiger partial charge in [0, 0.05) is 17.5 Å². The second kappa shape index (κ2) is 5.66. The van der Waals surface area contributed by atoms with Crippen LogP contribution in [0.3, 0.4) is 0 Å². The molecule has 6 nitrogen and oxygen atoms in total. The summed E-state index contributed by atoms with van der Waals surface area (Å²) in [6, 6.07) is 0.210. The Hall–Kier alpha value is -1.28. The second-order valence-electron chi connectivity index (χ2n) is 5.55. The molecule has 0 spiro atoms. The topological polar surface area (TPSA) is 80.0 Å². The molecule has 4 rings (SSSR count). The first-order valence-corrected chi connectivity index (χ1v) is 8.92. The number of nitrogen functional groups attached to an aromatic ring is 1. The molecule has 1 unspecified atom stereocenters. The van der Waals surface area contributed by atoms with Gasteiger partial charge in [0.25, 0.3) is 0 Å². The summed E-state index contributed by atoms with van der Waals surface area (Å²) < 4.78 is 0. The number of nitrogens with two attached hydrogens (primary N) is 1. The van der Waals surface area contributed by atoms with Crippen molar-refractivity contribution in [3.8, 4) is 0 Å². The number of anilines is 2. The average Bonchev–Trinajstić information content (AvgIpc) is 2.87. The summed E-state index contributed by atoms with van der Waals surface area (Å²) in [5.41, 5.74) is 12.0. The van der Waals surface area contributed by atoms with Crippen LogP contribution in [-0.2, 0) is 6.54 Å². The number of hydrogen-bond donors (Lipinski definition) is 2. The van der Waals surface area contributed by atoms with Gasteiger partial charge in [-0.1, -0.05) is 23.2 Å². The minimum absolute atomic E-state index is 0.210. The van der Waals surface area contributed by atoms with Gasteiger partial charge in [-0.15, -0.1) is 11.8 Å². The van der Waals surface area contributed by atoms with E-state index in [0.29, 0.717) is 22.3 Å². The number of halogens is 2. The van der Waals surface area contributed by atoms with Crippen LogP contribution in [0.25, 0.3) is 0 Å². The van der Waals surface area contributed by atoms with Crippen molar-refractivity contribution in [2.75, 3.05) is 16.5 Å². The van der Waals surface area contributed by atoms with Crippen molar-refractivity contribution in [1.29, 1.82) is 0 Å². The Bertz CT molecular complexity index is 799. The minimum atomic E-state index is 0.210. The Morgan fingerprint density at radius 1 is 1.39 bits per heavy atom. The molecular formula is C14H14Cl2N6S. The Balaban J connectivity index is 1.72. The van der Waals surface area contributed by atoms with Gasteiger partial charge in [0.1, 0.15) is 5.03 Å². The van der Waals surface area contributed by atoms with Gasteiger partial charge in [0.15, 0.2) is 5.82 Å². The second-order valence-corrected chi connectivity index (χ2v) is 7.38. The zero-order valence-corrected chi connectivity index (χ0v) is 14.6. The van der Waals surface area contributed by atoms with Crippen molar-refractivity contribution in [2.24, 2.45) is 0 Å². The van der Waals surface area contributed by atoms with Gasteiger partial charge in [-0.2, -0.15) is 4.98 Å². The van der Waals surface area contributed by atoms with Crippen LogP contribution in [0.4, 0.5) is 11.8 Å². The van der Waals surface area contributed by atoms with Crippen molar-refractivity contribution in [3.05, 3.63) is 33.1 Å². The van der Waals surface area contributed by atoms with Gasteiger partial charge in [0.2, 0.25) is 5.95 Å². The first-order valence-electron chi connectivity index (χ1n) is 7.18. The molecule has 4 heterocycles. The van der Waals surface area contributed by atoms with Gasteiger partial charge in [-0.25, -0.2) is 10.4 Å². The lowest BCUT2D eigenvalue weighted by Crippen LogP contribution is -2.35. The standard InChI is InChI=1S/C14H14Cl2N6S/c1-6-4-18-8(11(16)10(6)15)5-22-12-9-7(21-22)2-3-23-13(9)20-14(17)19-12/h4,7,21H,2-3,5H2,1H3,(H2,17,19,20). The van der Waals surface area contributed by atoms with Gasteiger partial charge < -0.3 is 5.73 Å². The maximum atomic E-state index is 6.34. The SMILES string of the molecule is Cc1cnc(CN2NC3CCSc4nc(N)nc2c43)c(Cl)c1Cl. The summed E-state index contributed by atoms with van der Waals surface area (Å²) in [7, 11) is 0. The van der Waals surface area contributed by atoms with E-state index in [4.69, 9.17) is 28.9 Å². The van der Waals surface area contributed by atoms with Crippen molar-refractivity contribution in [1.82, 2.24) is 20.4 Å². The predicted octanol–water partition coefficient (Wildman–Crippen LogP) is 3.13. The number of nitrogens with zero attached hydrogens (tertiary/aromatic N) is 4. The summed E-state index contributed by atoms with van der Waals surface area (Å²) in [5.74, 6) is 2.09. The van der Waals surface area contributed by atoms with Crippen LogP contribution in [0.5, 0.6) is 0 Å². The van der Waals surface area contributed by atoms with Crippen molar-refractivity contribution in [2.45, 2.75) is 31.0 Å². The smallest absolute Gasteiger partial charge is 0.223 e. The summed E-state index contributed by atoms with van der Waals surface area (Å²) in [5, 5.41) is 3.91. The monoisotopic (exact) mass is 368 g/mol. The van der Waals surface area contributed by atoms with Crippen LogP contribution in [-0.4, -0.2) is 20.7 Å². The molecule has 0 saturated heterocycles. The van der Waals surface area contributed by atoms with E-state index < -0.39 is 0 Å². The van der Waals surface area contributed by atoms with Crippen molar-refractivity contribution >= 4 is 46.7 Å². The number of hydrogen-bond acceptors (Lipinski definition) is 7. The summed E-state index contributed by atoms with van der Waals surface area (Å²) in [6.07, 6.45) is 2.75. The van der Waals surface area contributed by atoms with Gasteiger partial charge in [-0.3, -0.25) is 9.99 Å². The molecule has 0 fully saturated rings. The zero-order chi connectivity index (χ0) is 16.1. The van der Waals surface area contributed by atoms with Gasteiger partial charge in [-0.05, 0) is 18.9 Å². The molecule has 0 aromatic carbocycles. The normalized spacial score (nSPS) is 19.1. The zero-order valence-electron chi connectivity index (χ0n) is 12.3. The van der Waals surface area contributed by atoms with E-state index in [0.717, 1.165) is 34.1 Å². The quantitative estimate of drug-likeness (QED) is 0.788. The molecule has 2 aliphatic rings. The summed E-state index contributed by atoms with van der Waals surface area (Å²) >= 11 is 14.3. The highest BCUT2D eigenvalue weighted by molar-refractivity contribution is 7.99. The molecule has 0 aliphatic carbocycles. The van der Waals surface area contributed by atoms with E-state index in [2.05, 4.69) is 20.4 Å². The molecular weight excluding hydrogens is 355 g/mol. The molecule has 2 aromatic heterocycles. The Labute approximate surface area is 147 Å². The highest BCUT2D eigenvalue weighted by atomic mass is 35.5. The van der Waals surface area contributed by atoms with Crippen molar-refractivity contribution in [3.63, 3.8) is 0 Å². The average molecular weight is 369 g/mol. The number of aryl methyl sites for hydroxylation is 1. The Kier molecular flexibility index (Phi) is 3.76. The number of pyridine rings is 1. The molecule has 1 atom stereocenters. The fourth-order valence-corrected chi connectivity index (χ4v) is 4.35. The third-order valence-electron chi connectivity index (χ3n) is 3.98. The Morgan fingerprint density at radius 2 is 2.22 bits per heavy atom. The first kappa shape index (κ1) is 15.3. The van der Waals surface area contributed by atoms with Crippen molar-refractivity contribution < 1.29 is 0 Å². The van der Waals surface area contributed by atoms with E-state index in [9.17, 15) is 0 Å². The molecule has 2 aliphatic heterocycles. The van der Waals surface area contributed by atoms with E-state index in [1.807, 2.05) is 11.9 Å². The van der Waals surface area contributed by atoms with E-state index >= 15 is 0 Å². The molecule has 120 valence electrons. The molecule has 0 saturated carbocycles. The number of aromatic nitrogens is 3. The fraction of sp³-hybridized carbons (Fsp3) is 0.357. The molecule has 2 aromatic rings. The Morgan fingerprint density at radius 3 is 3.04 bits per heavy atom. The summed E-state index contributed by atoms with van der Waals surface area (Å²) in [4.78, 5) is 13.2. The maximum Gasteiger partial charge on any atom is 0.223 e. The third-order valence-corrected chi connectivity index (χ3v) is 6.00. The molecule has 23 heavy (non-hydrogen) atoms. The predicted molar refractivity (Wildman–Crippen MR) is 92.8 cm³/mol. The van der Waals surface area contributed by atoms with Crippen LogP contribution < -0.4 is 16.2 Å². The van der Waals surface area contributed by atoms with E-state index in [1.165, 1.54) is 0 Å². The highest BCUT2D eigenvalue weighted by Gasteiger charge is 2.36. The fourth-order valence-electron chi connectivity index (χ4n) is 2.84. The minimum Gasteiger partial charge on any atom is -0.368 e. The lowest BCUT2D eigenvalue weighted by Gasteiger charge is -2.20. The largest absolute Gasteiger partial charge is 0.368 e. The molecule has 0 radical (unpaired) electrons. The lowest BCUT2D eigenvalue weighted by molar-refractivity contribution is 0.520. The van der Waals surface area contributed by atoms with Gasteiger partial charge >= 0.3 is 0 Å². The van der Waals surface area contributed by atoms with Crippen LogP contribution in [0, 0.1) is 6.92 Å². The molecule has 9 heteroatoms. The van der Waals surface area contributed by atoms with Crippen LogP contribution in [0.2, 0.25) is 10.0 Å². The highest BCUT2D eigenvalue weighted by Crippen LogP contribution is 2.44. The van der Waals surface area contributed by atoms with E-state index in [1.54, 1.807) is 18.0 Å². The number of hydrazine groups is 1.